The zero-order valence-electron chi connectivity index (χ0n) is 14.4. The molecule has 1 aromatic heterocycles. The molecule has 0 aliphatic heterocycles. The molecule has 26 heavy (non-hydrogen) atoms. The summed E-state index contributed by atoms with van der Waals surface area (Å²) in [5.74, 6) is 1.27. The minimum absolute atomic E-state index is 0.503. The zero-order valence-corrected chi connectivity index (χ0v) is 14.4. The van der Waals surface area contributed by atoms with Gasteiger partial charge in [0.15, 0.2) is 5.96 Å². The van der Waals surface area contributed by atoms with Crippen LogP contribution in [0.2, 0.25) is 0 Å². The van der Waals surface area contributed by atoms with Crippen LogP contribution in [0.5, 0.6) is 0 Å². The summed E-state index contributed by atoms with van der Waals surface area (Å²) in [7, 11) is 1.71. The molecule has 0 spiro atoms. The summed E-state index contributed by atoms with van der Waals surface area (Å²) < 4.78 is 5.53. The number of oxazole rings is 1. The standard InChI is InChI=1S/C20H19N5O/c1-22-20(23-12-16-9-7-15(11-21)8-10-16)24-13-18-14-26-19(25-18)17-5-3-2-4-6-17/h2-10,14H,12-13H2,1H3,(H2,22,23,24). The molecule has 3 aromatic rings. The number of rotatable bonds is 5. The summed E-state index contributed by atoms with van der Waals surface area (Å²) in [6, 6.07) is 19.3. The Morgan fingerprint density at radius 3 is 2.50 bits per heavy atom. The lowest BCUT2D eigenvalue weighted by atomic mass is 10.1. The highest BCUT2D eigenvalue weighted by Gasteiger charge is 2.07. The first-order chi connectivity index (χ1) is 12.8. The highest BCUT2D eigenvalue weighted by molar-refractivity contribution is 5.79. The molecule has 0 saturated carbocycles. The fraction of sp³-hybridized carbons (Fsp3) is 0.150. The third-order valence-electron chi connectivity index (χ3n) is 3.78. The van der Waals surface area contributed by atoms with Crippen molar-refractivity contribution in [3.05, 3.63) is 77.7 Å². The maximum atomic E-state index is 8.83. The number of nitrogens with one attached hydrogen (secondary N) is 2. The van der Waals surface area contributed by atoms with Gasteiger partial charge < -0.3 is 15.1 Å². The Morgan fingerprint density at radius 1 is 1.08 bits per heavy atom. The van der Waals surface area contributed by atoms with Gasteiger partial charge in [0.2, 0.25) is 5.89 Å². The number of guanidine groups is 1. The van der Waals surface area contributed by atoms with Gasteiger partial charge in [-0.05, 0) is 29.8 Å². The Morgan fingerprint density at radius 2 is 1.81 bits per heavy atom. The molecular formula is C20H19N5O. The van der Waals surface area contributed by atoms with Crippen LogP contribution in [0.3, 0.4) is 0 Å². The van der Waals surface area contributed by atoms with E-state index >= 15 is 0 Å². The monoisotopic (exact) mass is 345 g/mol. The third kappa shape index (κ3) is 4.48. The predicted octanol–water partition coefficient (Wildman–Crippen LogP) is 3.08. The Labute approximate surface area is 152 Å². The molecule has 1 heterocycles. The molecule has 0 aliphatic carbocycles. The fourth-order valence-electron chi connectivity index (χ4n) is 2.38. The van der Waals surface area contributed by atoms with Crippen LogP contribution in [0.15, 0.2) is 70.3 Å². The molecule has 2 N–H and O–H groups in total. The minimum Gasteiger partial charge on any atom is -0.444 e. The van der Waals surface area contributed by atoms with Crippen molar-refractivity contribution in [3.8, 4) is 17.5 Å². The van der Waals surface area contributed by atoms with Crippen LogP contribution < -0.4 is 10.6 Å². The van der Waals surface area contributed by atoms with Gasteiger partial charge in [0.05, 0.1) is 23.9 Å². The summed E-state index contributed by atoms with van der Waals surface area (Å²) in [4.78, 5) is 8.68. The van der Waals surface area contributed by atoms with Crippen molar-refractivity contribution >= 4 is 5.96 Å². The van der Waals surface area contributed by atoms with Crippen molar-refractivity contribution < 1.29 is 4.42 Å². The van der Waals surface area contributed by atoms with Crippen molar-refractivity contribution in [1.82, 2.24) is 15.6 Å². The molecule has 0 atom stereocenters. The number of aliphatic imine (C=N–C) groups is 1. The second kappa shape index (κ2) is 8.49. The second-order valence-corrected chi connectivity index (χ2v) is 5.60. The Hall–Kier alpha value is -3.59. The van der Waals surface area contributed by atoms with Crippen LogP contribution in [-0.2, 0) is 13.1 Å². The van der Waals surface area contributed by atoms with Gasteiger partial charge in [0.25, 0.3) is 0 Å². The molecule has 0 aliphatic rings. The average molecular weight is 345 g/mol. The Balaban J connectivity index is 1.53. The molecule has 130 valence electrons. The summed E-state index contributed by atoms with van der Waals surface area (Å²) in [5, 5.41) is 15.3. The minimum atomic E-state index is 0.503. The Bertz CT molecular complexity index is 907. The predicted molar refractivity (Wildman–Crippen MR) is 100 cm³/mol. The first-order valence-electron chi connectivity index (χ1n) is 8.22. The zero-order chi connectivity index (χ0) is 18.2. The molecule has 0 fully saturated rings. The van der Waals surface area contributed by atoms with E-state index in [4.69, 9.17) is 9.68 Å². The molecule has 0 amide bonds. The van der Waals surface area contributed by atoms with Gasteiger partial charge in [-0.25, -0.2) is 4.98 Å². The number of hydrogen-bond acceptors (Lipinski definition) is 4. The summed E-state index contributed by atoms with van der Waals surface area (Å²) >= 11 is 0. The number of nitrogens with zero attached hydrogens (tertiary/aromatic N) is 3. The van der Waals surface area contributed by atoms with E-state index in [1.165, 1.54) is 0 Å². The lowest BCUT2D eigenvalue weighted by Crippen LogP contribution is -2.36. The molecule has 0 radical (unpaired) electrons. The van der Waals surface area contributed by atoms with Crippen LogP contribution in [0.4, 0.5) is 0 Å². The van der Waals surface area contributed by atoms with Crippen LogP contribution in [0.25, 0.3) is 11.5 Å². The Kier molecular flexibility index (Phi) is 5.63. The number of hydrogen-bond donors (Lipinski definition) is 2. The SMILES string of the molecule is CN=C(NCc1ccc(C#N)cc1)NCc1coc(-c2ccccc2)n1. The van der Waals surface area contributed by atoms with Gasteiger partial charge in [-0.2, -0.15) is 5.26 Å². The molecule has 3 rings (SSSR count). The first kappa shape index (κ1) is 17.2. The molecular weight excluding hydrogens is 326 g/mol. The van der Waals surface area contributed by atoms with E-state index in [1.54, 1.807) is 25.4 Å². The van der Waals surface area contributed by atoms with Crippen LogP contribution in [0, 0.1) is 11.3 Å². The van der Waals surface area contributed by atoms with E-state index < -0.39 is 0 Å². The highest BCUT2D eigenvalue weighted by atomic mass is 16.3. The molecule has 6 nitrogen and oxygen atoms in total. The quantitative estimate of drug-likeness (QED) is 0.548. The van der Waals surface area contributed by atoms with Crippen molar-refractivity contribution in [2.75, 3.05) is 7.05 Å². The van der Waals surface area contributed by atoms with Crippen molar-refractivity contribution in [2.45, 2.75) is 13.1 Å². The van der Waals surface area contributed by atoms with Crippen molar-refractivity contribution in [2.24, 2.45) is 4.99 Å². The number of aromatic nitrogens is 1. The topological polar surface area (TPSA) is 86.2 Å². The van der Waals surface area contributed by atoms with Crippen LogP contribution in [-0.4, -0.2) is 18.0 Å². The average Bonchev–Trinajstić information content (AvgIpc) is 3.18. The molecule has 6 heteroatoms. The third-order valence-corrected chi connectivity index (χ3v) is 3.78. The normalized spacial score (nSPS) is 11.0. The van der Waals surface area contributed by atoms with Gasteiger partial charge in [0, 0.05) is 19.2 Å². The number of benzene rings is 2. The van der Waals surface area contributed by atoms with Gasteiger partial charge >= 0.3 is 0 Å². The van der Waals surface area contributed by atoms with Crippen LogP contribution >= 0.6 is 0 Å². The molecule has 0 unspecified atom stereocenters. The highest BCUT2D eigenvalue weighted by Crippen LogP contribution is 2.17. The molecule has 2 aromatic carbocycles. The molecule has 0 saturated heterocycles. The van der Waals surface area contributed by atoms with Crippen molar-refractivity contribution in [1.29, 1.82) is 5.26 Å². The van der Waals surface area contributed by atoms with Crippen LogP contribution in [0.1, 0.15) is 16.8 Å². The maximum Gasteiger partial charge on any atom is 0.226 e. The van der Waals surface area contributed by atoms with E-state index in [0.29, 0.717) is 30.5 Å². The van der Waals surface area contributed by atoms with E-state index in [1.807, 2.05) is 42.5 Å². The summed E-state index contributed by atoms with van der Waals surface area (Å²) in [5.41, 5.74) is 3.46. The first-order valence-corrected chi connectivity index (χ1v) is 8.22. The van der Waals surface area contributed by atoms with E-state index in [9.17, 15) is 0 Å². The van der Waals surface area contributed by atoms with E-state index in [2.05, 4.69) is 26.7 Å². The van der Waals surface area contributed by atoms with Crippen molar-refractivity contribution in [3.63, 3.8) is 0 Å². The number of nitriles is 1. The largest absolute Gasteiger partial charge is 0.444 e. The van der Waals surface area contributed by atoms with Gasteiger partial charge in [-0.15, -0.1) is 0 Å². The van der Waals surface area contributed by atoms with Gasteiger partial charge in [-0.3, -0.25) is 4.99 Å². The summed E-state index contributed by atoms with van der Waals surface area (Å²) in [6.07, 6.45) is 1.64. The lowest BCUT2D eigenvalue weighted by Gasteiger charge is -2.10. The lowest BCUT2D eigenvalue weighted by molar-refractivity contribution is 0.572. The van der Waals surface area contributed by atoms with E-state index in [0.717, 1.165) is 16.8 Å². The maximum absolute atomic E-state index is 8.83. The van der Waals surface area contributed by atoms with Gasteiger partial charge in [-0.1, -0.05) is 30.3 Å². The fourth-order valence-corrected chi connectivity index (χ4v) is 2.38. The smallest absolute Gasteiger partial charge is 0.226 e. The van der Waals surface area contributed by atoms with Gasteiger partial charge in [0.1, 0.15) is 6.26 Å². The summed E-state index contributed by atoms with van der Waals surface area (Å²) in [6.45, 7) is 1.11. The molecule has 0 bridgehead atoms. The second-order valence-electron chi connectivity index (χ2n) is 5.60. The van der Waals surface area contributed by atoms with E-state index in [-0.39, 0.29) is 0 Å².